The van der Waals surface area contributed by atoms with Crippen LogP contribution < -0.4 is 16.4 Å². The first-order valence-corrected chi connectivity index (χ1v) is 5.26. The summed E-state index contributed by atoms with van der Waals surface area (Å²) in [6, 6.07) is 0. The second-order valence-electron chi connectivity index (χ2n) is 4.24. The summed E-state index contributed by atoms with van der Waals surface area (Å²) in [6.07, 6.45) is 2.34. The van der Waals surface area contributed by atoms with Crippen molar-refractivity contribution in [2.45, 2.75) is 31.7 Å². The van der Waals surface area contributed by atoms with Gasteiger partial charge in [0.1, 0.15) is 0 Å². The summed E-state index contributed by atoms with van der Waals surface area (Å²) < 4.78 is 0. The quantitative estimate of drug-likeness (QED) is 0.568. The summed E-state index contributed by atoms with van der Waals surface area (Å²) in [7, 11) is 1.57. The lowest BCUT2D eigenvalue weighted by Crippen LogP contribution is -2.53. The number of amides is 2. The summed E-state index contributed by atoms with van der Waals surface area (Å²) >= 11 is 0. The monoisotopic (exact) mass is 213 g/mol. The molecule has 15 heavy (non-hydrogen) atoms. The van der Waals surface area contributed by atoms with Gasteiger partial charge < -0.3 is 16.4 Å². The molecule has 5 nitrogen and oxygen atoms in total. The molecule has 0 aromatic rings. The molecule has 1 unspecified atom stereocenters. The van der Waals surface area contributed by atoms with Crippen molar-refractivity contribution < 1.29 is 9.59 Å². The molecule has 0 spiro atoms. The molecule has 1 aliphatic carbocycles. The Bertz CT molecular complexity index is 259. The van der Waals surface area contributed by atoms with E-state index in [1.54, 1.807) is 14.0 Å². The molecule has 4 N–H and O–H groups in total. The van der Waals surface area contributed by atoms with Gasteiger partial charge in [-0.05, 0) is 25.7 Å². The third kappa shape index (κ3) is 3.20. The van der Waals surface area contributed by atoms with Gasteiger partial charge in [0, 0.05) is 20.0 Å². The Hall–Kier alpha value is -1.10. The zero-order valence-corrected chi connectivity index (χ0v) is 9.30. The molecule has 1 rings (SSSR count). The number of rotatable bonds is 5. The van der Waals surface area contributed by atoms with Crippen LogP contribution in [0.1, 0.15) is 26.2 Å². The van der Waals surface area contributed by atoms with Crippen LogP contribution >= 0.6 is 0 Å². The van der Waals surface area contributed by atoms with E-state index < -0.39 is 5.54 Å². The third-order valence-electron chi connectivity index (χ3n) is 2.83. The van der Waals surface area contributed by atoms with Gasteiger partial charge in [-0.3, -0.25) is 9.59 Å². The molecule has 0 aromatic heterocycles. The lowest BCUT2D eigenvalue weighted by atomic mass is 9.96. The normalized spacial score (nSPS) is 19.1. The maximum atomic E-state index is 11.6. The first-order chi connectivity index (χ1) is 6.98. The minimum absolute atomic E-state index is 0.0829. The van der Waals surface area contributed by atoms with Gasteiger partial charge >= 0.3 is 0 Å². The van der Waals surface area contributed by atoms with Crippen LogP contribution in [0.3, 0.4) is 0 Å². The third-order valence-corrected chi connectivity index (χ3v) is 2.83. The van der Waals surface area contributed by atoms with E-state index in [1.165, 1.54) is 0 Å². The molecule has 0 bridgehead atoms. The predicted octanol–water partition coefficient (Wildman–Crippen LogP) is -0.634. The number of carbonyl (C=O) groups excluding carboxylic acids is 2. The number of hydrogen-bond acceptors (Lipinski definition) is 3. The Morgan fingerprint density at radius 2 is 2.07 bits per heavy atom. The van der Waals surface area contributed by atoms with Crippen LogP contribution in [0.2, 0.25) is 0 Å². The van der Waals surface area contributed by atoms with Crippen molar-refractivity contribution in [1.82, 2.24) is 10.6 Å². The smallest absolute Gasteiger partial charge is 0.240 e. The van der Waals surface area contributed by atoms with E-state index in [4.69, 9.17) is 5.73 Å². The fourth-order valence-electron chi connectivity index (χ4n) is 1.47. The molecule has 0 heterocycles. The average molecular weight is 213 g/mol. The molecule has 1 saturated carbocycles. The highest BCUT2D eigenvalue weighted by molar-refractivity contribution is 5.86. The zero-order valence-electron chi connectivity index (χ0n) is 9.30. The molecule has 86 valence electrons. The van der Waals surface area contributed by atoms with E-state index in [0.29, 0.717) is 18.9 Å². The Labute approximate surface area is 89.8 Å². The van der Waals surface area contributed by atoms with E-state index in [2.05, 4.69) is 10.6 Å². The van der Waals surface area contributed by atoms with Crippen molar-refractivity contribution in [2.75, 3.05) is 13.6 Å². The maximum absolute atomic E-state index is 11.6. The molecule has 2 amide bonds. The Kier molecular flexibility index (Phi) is 3.68. The van der Waals surface area contributed by atoms with Gasteiger partial charge in [-0.1, -0.05) is 0 Å². The molecular weight excluding hydrogens is 194 g/mol. The lowest BCUT2D eigenvalue weighted by molar-refractivity contribution is -0.126. The number of carbonyl (C=O) groups is 2. The Balaban J connectivity index is 2.26. The van der Waals surface area contributed by atoms with Crippen molar-refractivity contribution in [3.05, 3.63) is 0 Å². The van der Waals surface area contributed by atoms with Crippen molar-refractivity contribution in [3.8, 4) is 0 Å². The van der Waals surface area contributed by atoms with E-state index in [0.717, 1.165) is 12.8 Å². The molecule has 0 aliphatic heterocycles. The molecule has 0 saturated heterocycles. The summed E-state index contributed by atoms with van der Waals surface area (Å²) in [4.78, 5) is 22.5. The number of hydrogen-bond donors (Lipinski definition) is 3. The highest BCUT2D eigenvalue weighted by atomic mass is 16.2. The largest absolute Gasteiger partial charge is 0.359 e. The van der Waals surface area contributed by atoms with Crippen molar-refractivity contribution >= 4 is 11.8 Å². The fraction of sp³-hybridized carbons (Fsp3) is 0.800. The molecule has 0 radical (unpaired) electrons. The first-order valence-electron chi connectivity index (χ1n) is 5.26. The molecule has 0 aromatic carbocycles. The van der Waals surface area contributed by atoms with Crippen LogP contribution in [-0.2, 0) is 9.59 Å². The molecule has 1 fully saturated rings. The van der Waals surface area contributed by atoms with Gasteiger partial charge in [-0.25, -0.2) is 0 Å². The van der Waals surface area contributed by atoms with E-state index >= 15 is 0 Å². The average Bonchev–Trinajstić information content (AvgIpc) is 3.00. The molecular formula is C10H19N3O2. The standard InChI is InChI=1S/C10H19N3O2/c1-10(11,7-3-4-7)9(15)13-6-5-8(14)12-2/h7H,3-6,11H2,1-2H3,(H,12,14)(H,13,15). The van der Waals surface area contributed by atoms with Crippen LogP contribution in [0, 0.1) is 5.92 Å². The second-order valence-corrected chi connectivity index (χ2v) is 4.24. The fourth-order valence-corrected chi connectivity index (χ4v) is 1.47. The summed E-state index contributed by atoms with van der Waals surface area (Å²) in [6.45, 7) is 2.10. The van der Waals surface area contributed by atoms with Gasteiger partial charge in [0.2, 0.25) is 11.8 Å². The van der Waals surface area contributed by atoms with Crippen molar-refractivity contribution in [3.63, 3.8) is 0 Å². The number of nitrogens with one attached hydrogen (secondary N) is 2. The highest BCUT2D eigenvalue weighted by Crippen LogP contribution is 2.37. The van der Waals surface area contributed by atoms with Gasteiger partial charge in [0.05, 0.1) is 5.54 Å². The van der Waals surface area contributed by atoms with Gasteiger partial charge in [-0.15, -0.1) is 0 Å². The summed E-state index contributed by atoms with van der Waals surface area (Å²) in [5, 5.41) is 5.18. The van der Waals surface area contributed by atoms with Crippen LogP contribution in [0.25, 0.3) is 0 Å². The van der Waals surface area contributed by atoms with Crippen LogP contribution in [0.4, 0.5) is 0 Å². The zero-order chi connectivity index (χ0) is 11.5. The Morgan fingerprint density at radius 1 is 1.47 bits per heavy atom. The van der Waals surface area contributed by atoms with Crippen LogP contribution in [0.15, 0.2) is 0 Å². The van der Waals surface area contributed by atoms with E-state index in [-0.39, 0.29) is 11.8 Å². The summed E-state index contributed by atoms with van der Waals surface area (Å²) in [5.74, 6) is 0.0619. The SMILES string of the molecule is CNC(=O)CCNC(=O)C(C)(N)C1CC1. The lowest BCUT2D eigenvalue weighted by Gasteiger charge is -2.22. The summed E-state index contributed by atoms with van der Waals surface area (Å²) in [5.41, 5.74) is 5.13. The number of nitrogens with two attached hydrogens (primary N) is 1. The van der Waals surface area contributed by atoms with E-state index in [1.807, 2.05) is 0 Å². The maximum Gasteiger partial charge on any atom is 0.240 e. The van der Waals surface area contributed by atoms with Gasteiger partial charge in [-0.2, -0.15) is 0 Å². The molecule has 5 heteroatoms. The topological polar surface area (TPSA) is 84.2 Å². The highest BCUT2D eigenvalue weighted by Gasteiger charge is 2.43. The van der Waals surface area contributed by atoms with Crippen LogP contribution in [0.5, 0.6) is 0 Å². The van der Waals surface area contributed by atoms with Gasteiger partial charge in [0.25, 0.3) is 0 Å². The van der Waals surface area contributed by atoms with Crippen molar-refractivity contribution in [1.29, 1.82) is 0 Å². The molecule has 1 atom stereocenters. The first kappa shape index (κ1) is 12.0. The van der Waals surface area contributed by atoms with Gasteiger partial charge in [0.15, 0.2) is 0 Å². The minimum Gasteiger partial charge on any atom is -0.359 e. The van der Waals surface area contributed by atoms with Crippen molar-refractivity contribution in [2.24, 2.45) is 11.7 Å². The van der Waals surface area contributed by atoms with E-state index in [9.17, 15) is 9.59 Å². The molecule has 1 aliphatic rings. The predicted molar refractivity (Wildman–Crippen MR) is 57.0 cm³/mol. The second kappa shape index (κ2) is 4.61. The minimum atomic E-state index is -0.775. The van der Waals surface area contributed by atoms with Crippen LogP contribution in [-0.4, -0.2) is 30.9 Å². The Morgan fingerprint density at radius 3 is 2.53 bits per heavy atom.